The second-order valence-corrected chi connectivity index (χ2v) is 7.33. The van der Waals surface area contributed by atoms with Gasteiger partial charge in [0, 0.05) is 29.0 Å². The number of hydrogen-bond donors (Lipinski definition) is 2. The van der Waals surface area contributed by atoms with E-state index in [4.69, 9.17) is 5.73 Å². The van der Waals surface area contributed by atoms with Crippen molar-refractivity contribution in [3.63, 3.8) is 0 Å². The van der Waals surface area contributed by atoms with Crippen LogP contribution in [0, 0.1) is 13.8 Å². The molecule has 0 aliphatic carbocycles. The molecule has 0 saturated carbocycles. The molecule has 2 rings (SSSR count). The average molecular weight is 361 g/mol. The van der Waals surface area contributed by atoms with Crippen molar-refractivity contribution >= 4 is 23.5 Å². The Labute approximate surface area is 153 Å². The van der Waals surface area contributed by atoms with Gasteiger partial charge in [0.1, 0.15) is 0 Å². The minimum atomic E-state index is -0.339. The number of nitrogens with two attached hydrogens (primary N) is 1. The van der Waals surface area contributed by atoms with Crippen molar-refractivity contribution in [1.82, 2.24) is 29.8 Å². The summed E-state index contributed by atoms with van der Waals surface area (Å²) in [5.41, 5.74) is 7.52. The maximum absolute atomic E-state index is 12.7. The lowest BCUT2D eigenvalue weighted by atomic mass is 10.1. The summed E-state index contributed by atoms with van der Waals surface area (Å²) in [6.07, 6.45) is 0.136. The molecular weight excluding hydrogens is 334 g/mol. The third-order valence-corrected chi connectivity index (χ3v) is 3.98. The van der Waals surface area contributed by atoms with Crippen molar-refractivity contribution in [2.24, 2.45) is 0 Å². The molecule has 0 aliphatic heterocycles. The van der Waals surface area contributed by atoms with E-state index in [-0.39, 0.29) is 36.3 Å². The number of carbonyl (C=O) groups excluding carboxylic acids is 2. The maximum Gasteiger partial charge on any atom is 0.254 e. The van der Waals surface area contributed by atoms with E-state index in [2.05, 4.69) is 20.4 Å². The van der Waals surface area contributed by atoms with Gasteiger partial charge in [-0.15, -0.1) is 5.10 Å². The third-order valence-electron chi connectivity index (χ3n) is 3.98. The zero-order valence-corrected chi connectivity index (χ0v) is 16.3. The number of amides is 2. The third kappa shape index (κ3) is 4.47. The number of likely N-dealkylation sites (N-methyl/N-ethyl adjacent to an activating group) is 1. The van der Waals surface area contributed by atoms with Gasteiger partial charge in [-0.2, -0.15) is 9.50 Å². The summed E-state index contributed by atoms with van der Waals surface area (Å²) in [5.74, 6) is 0.221. The van der Waals surface area contributed by atoms with Gasteiger partial charge in [-0.1, -0.05) is 0 Å². The molecule has 0 fully saturated rings. The van der Waals surface area contributed by atoms with Crippen LogP contribution in [0.2, 0.25) is 0 Å². The first-order valence-electron chi connectivity index (χ1n) is 8.59. The highest BCUT2D eigenvalue weighted by molar-refractivity contribution is 5.86. The molecule has 0 bridgehead atoms. The number of aryl methyl sites for hydroxylation is 2. The lowest BCUT2D eigenvalue weighted by Crippen LogP contribution is -2.47. The Morgan fingerprint density at radius 1 is 1.23 bits per heavy atom. The van der Waals surface area contributed by atoms with Gasteiger partial charge in [-0.05, 0) is 41.5 Å². The fraction of sp³-hybridized carbons (Fsp3) is 0.588. The van der Waals surface area contributed by atoms with E-state index in [1.807, 2.05) is 41.5 Å². The second-order valence-electron chi connectivity index (χ2n) is 7.33. The van der Waals surface area contributed by atoms with Crippen LogP contribution in [0.5, 0.6) is 0 Å². The molecule has 0 spiro atoms. The molecule has 2 aromatic rings. The Hall–Kier alpha value is -2.71. The Morgan fingerprint density at radius 2 is 1.88 bits per heavy atom. The van der Waals surface area contributed by atoms with Crippen molar-refractivity contribution in [2.75, 3.05) is 18.8 Å². The molecule has 26 heavy (non-hydrogen) atoms. The highest BCUT2D eigenvalue weighted by atomic mass is 16.2. The maximum atomic E-state index is 12.7. The minimum absolute atomic E-state index is 0.0244. The predicted octanol–water partition coefficient (Wildman–Crippen LogP) is 0.629. The van der Waals surface area contributed by atoms with E-state index in [0.29, 0.717) is 18.0 Å². The summed E-state index contributed by atoms with van der Waals surface area (Å²) < 4.78 is 1.54. The zero-order valence-electron chi connectivity index (χ0n) is 16.3. The van der Waals surface area contributed by atoms with Gasteiger partial charge in [0.15, 0.2) is 0 Å². The summed E-state index contributed by atoms with van der Waals surface area (Å²) in [7, 11) is 0. The quantitative estimate of drug-likeness (QED) is 0.806. The molecule has 2 heterocycles. The number of hydrogen-bond acceptors (Lipinski definition) is 6. The van der Waals surface area contributed by atoms with Gasteiger partial charge in [-0.25, -0.2) is 4.98 Å². The number of aromatic nitrogens is 4. The molecule has 2 amide bonds. The standard InChI is InChI=1S/C17H27N7O2/c1-7-23(9-13(25)21-17(4,5)6)14(26)8-12-10(2)19-16-20-15(18)22-24(16)11(12)3/h7-9H2,1-6H3,(H2,18,22)(H,21,25). The van der Waals surface area contributed by atoms with Crippen LogP contribution in [0.3, 0.4) is 0 Å². The van der Waals surface area contributed by atoms with Crippen LogP contribution >= 0.6 is 0 Å². The second kappa shape index (κ2) is 7.27. The van der Waals surface area contributed by atoms with Gasteiger partial charge >= 0.3 is 0 Å². The Bertz CT molecular complexity index is 836. The van der Waals surface area contributed by atoms with Crippen molar-refractivity contribution in [3.05, 3.63) is 17.0 Å². The number of nitrogen functional groups attached to an aromatic ring is 1. The van der Waals surface area contributed by atoms with Gasteiger partial charge in [0.25, 0.3) is 5.78 Å². The van der Waals surface area contributed by atoms with E-state index in [1.54, 1.807) is 0 Å². The van der Waals surface area contributed by atoms with Crippen molar-refractivity contribution in [1.29, 1.82) is 0 Å². The van der Waals surface area contributed by atoms with E-state index >= 15 is 0 Å². The van der Waals surface area contributed by atoms with Crippen LogP contribution in [0.15, 0.2) is 0 Å². The summed E-state index contributed by atoms with van der Waals surface area (Å²) in [4.78, 5) is 34.8. The molecule has 3 N–H and O–H groups in total. The number of rotatable bonds is 5. The number of fused-ring (bicyclic) bond motifs is 1. The molecule has 142 valence electrons. The van der Waals surface area contributed by atoms with E-state index in [1.165, 1.54) is 9.42 Å². The lowest BCUT2D eigenvalue weighted by Gasteiger charge is -2.25. The molecule has 0 unspecified atom stereocenters. The van der Waals surface area contributed by atoms with Gasteiger partial charge in [-0.3, -0.25) is 9.59 Å². The zero-order chi connectivity index (χ0) is 19.6. The normalized spacial score (nSPS) is 11.6. The van der Waals surface area contributed by atoms with Crippen LogP contribution in [0.1, 0.15) is 44.6 Å². The first kappa shape index (κ1) is 19.6. The Kier molecular flexibility index (Phi) is 5.48. The summed E-state index contributed by atoms with van der Waals surface area (Å²) in [6.45, 7) is 11.7. The van der Waals surface area contributed by atoms with Crippen LogP contribution in [-0.4, -0.2) is 54.9 Å². The number of anilines is 1. The smallest absolute Gasteiger partial charge is 0.254 e. The fourth-order valence-electron chi connectivity index (χ4n) is 2.75. The van der Waals surface area contributed by atoms with E-state index < -0.39 is 0 Å². The SMILES string of the molecule is CCN(CC(=O)NC(C)(C)C)C(=O)Cc1c(C)nc2nc(N)nn2c1C. The van der Waals surface area contributed by atoms with Gasteiger partial charge in [0.2, 0.25) is 17.8 Å². The summed E-state index contributed by atoms with van der Waals surface area (Å²) in [5, 5.41) is 6.98. The van der Waals surface area contributed by atoms with Crippen molar-refractivity contribution in [2.45, 2.75) is 53.5 Å². The Balaban J connectivity index is 2.19. The van der Waals surface area contributed by atoms with Gasteiger partial charge < -0.3 is 16.0 Å². The highest BCUT2D eigenvalue weighted by Crippen LogP contribution is 2.16. The molecule has 9 heteroatoms. The molecule has 0 aliphatic rings. The molecule has 0 atom stereocenters. The van der Waals surface area contributed by atoms with E-state index in [9.17, 15) is 9.59 Å². The number of nitrogens with zero attached hydrogens (tertiary/aromatic N) is 5. The monoisotopic (exact) mass is 361 g/mol. The highest BCUT2D eigenvalue weighted by Gasteiger charge is 2.22. The largest absolute Gasteiger partial charge is 0.366 e. The first-order valence-corrected chi connectivity index (χ1v) is 8.59. The molecule has 2 aromatic heterocycles. The fourth-order valence-corrected chi connectivity index (χ4v) is 2.75. The topological polar surface area (TPSA) is 119 Å². The van der Waals surface area contributed by atoms with Crippen LogP contribution in [0.25, 0.3) is 5.78 Å². The van der Waals surface area contributed by atoms with E-state index in [0.717, 1.165) is 11.3 Å². The summed E-state index contributed by atoms with van der Waals surface area (Å²) >= 11 is 0. The van der Waals surface area contributed by atoms with Crippen molar-refractivity contribution in [3.8, 4) is 0 Å². The lowest BCUT2D eigenvalue weighted by molar-refractivity contribution is -0.135. The number of carbonyl (C=O) groups is 2. The Morgan fingerprint density at radius 3 is 2.46 bits per heavy atom. The van der Waals surface area contributed by atoms with Crippen LogP contribution in [-0.2, 0) is 16.0 Å². The summed E-state index contributed by atoms with van der Waals surface area (Å²) in [6, 6.07) is 0. The van der Waals surface area contributed by atoms with Crippen LogP contribution < -0.4 is 11.1 Å². The van der Waals surface area contributed by atoms with Crippen LogP contribution in [0.4, 0.5) is 5.95 Å². The molecule has 0 radical (unpaired) electrons. The van der Waals surface area contributed by atoms with Gasteiger partial charge in [0.05, 0.1) is 13.0 Å². The average Bonchev–Trinajstić information content (AvgIpc) is 2.87. The molecule has 0 aromatic carbocycles. The number of nitrogens with one attached hydrogen (secondary N) is 1. The minimum Gasteiger partial charge on any atom is -0.366 e. The molecular formula is C17H27N7O2. The molecule has 9 nitrogen and oxygen atoms in total. The first-order chi connectivity index (χ1) is 12.0. The van der Waals surface area contributed by atoms with Crippen molar-refractivity contribution < 1.29 is 9.59 Å². The molecule has 0 saturated heterocycles. The predicted molar refractivity (Wildman–Crippen MR) is 98.5 cm³/mol.